The van der Waals surface area contributed by atoms with E-state index in [9.17, 15) is 5.11 Å². The fourth-order valence-electron chi connectivity index (χ4n) is 2.32. The third-order valence-corrected chi connectivity index (χ3v) is 3.62. The van der Waals surface area contributed by atoms with Crippen molar-refractivity contribution < 1.29 is 14.6 Å². The Labute approximate surface area is 146 Å². The maximum atomic E-state index is 9.38. The maximum Gasteiger partial charge on any atom is 0.181 e. The van der Waals surface area contributed by atoms with Gasteiger partial charge in [-0.15, -0.1) is 0 Å². The highest BCUT2D eigenvalue weighted by molar-refractivity contribution is 5.64. The summed E-state index contributed by atoms with van der Waals surface area (Å²) in [5.74, 6) is 3.18. The minimum atomic E-state index is 0.214. The molecule has 6 heteroatoms. The molecule has 0 amide bonds. The third kappa shape index (κ3) is 3.91. The minimum absolute atomic E-state index is 0.214. The van der Waals surface area contributed by atoms with Crippen molar-refractivity contribution in [2.75, 3.05) is 13.7 Å². The molecule has 1 aromatic heterocycles. The van der Waals surface area contributed by atoms with Gasteiger partial charge in [-0.3, -0.25) is 5.10 Å². The number of nitrogens with one attached hydrogen (secondary N) is 1. The predicted octanol–water partition coefficient (Wildman–Crippen LogP) is 3.89. The van der Waals surface area contributed by atoms with Gasteiger partial charge in [-0.2, -0.15) is 5.10 Å². The van der Waals surface area contributed by atoms with E-state index in [1.165, 1.54) is 0 Å². The summed E-state index contributed by atoms with van der Waals surface area (Å²) >= 11 is 0. The first-order valence-corrected chi connectivity index (χ1v) is 8.10. The van der Waals surface area contributed by atoms with E-state index in [0.717, 1.165) is 11.1 Å². The van der Waals surface area contributed by atoms with E-state index in [4.69, 9.17) is 9.47 Å². The van der Waals surface area contributed by atoms with Crippen molar-refractivity contribution in [3.63, 3.8) is 0 Å². The molecule has 1 heterocycles. The number of aromatic amines is 1. The van der Waals surface area contributed by atoms with Gasteiger partial charge in [-0.05, 0) is 48.4 Å². The Morgan fingerprint density at radius 3 is 2.44 bits per heavy atom. The predicted molar refractivity (Wildman–Crippen MR) is 95.8 cm³/mol. The molecular weight excluding hydrogens is 318 g/mol. The number of phenolic OH excluding ortho intramolecular Hbond substituents is 1. The molecule has 0 aliphatic carbocycles. The largest absolute Gasteiger partial charge is 0.508 e. The van der Waals surface area contributed by atoms with Crippen LogP contribution in [0.3, 0.4) is 0 Å². The minimum Gasteiger partial charge on any atom is -0.508 e. The van der Waals surface area contributed by atoms with Crippen molar-refractivity contribution in [2.45, 2.75) is 13.8 Å². The second-order valence-electron chi connectivity index (χ2n) is 6.12. The lowest BCUT2D eigenvalue weighted by Gasteiger charge is -2.13. The maximum absolute atomic E-state index is 9.38. The second kappa shape index (κ2) is 7.25. The SMILES string of the molecule is COc1ccc(-c2n[nH]c(-c3ccc(O)cc3)n2)cc1OCC(C)C. The van der Waals surface area contributed by atoms with Crippen LogP contribution >= 0.6 is 0 Å². The van der Waals surface area contributed by atoms with Gasteiger partial charge in [-0.1, -0.05) is 13.8 Å². The summed E-state index contributed by atoms with van der Waals surface area (Å²) in [6.07, 6.45) is 0. The topological polar surface area (TPSA) is 80.3 Å². The van der Waals surface area contributed by atoms with Gasteiger partial charge in [0.25, 0.3) is 0 Å². The van der Waals surface area contributed by atoms with Crippen LogP contribution in [0, 0.1) is 5.92 Å². The van der Waals surface area contributed by atoms with Crippen LogP contribution in [0.25, 0.3) is 22.8 Å². The van der Waals surface area contributed by atoms with Crippen LogP contribution < -0.4 is 9.47 Å². The van der Waals surface area contributed by atoms with Gasteiger partial charge in [0.1, 0.15) is 5.75 Å². The molecule has 0 radical (unpaired) electrons. The van der Waals surface area contributed by atoms with Crippen LogP contribution in [0.4, 0.5) is 0 Å². The molecule has 130 valence electrons. The van der Waals surface area contributed by atoms with Crippen molar-refractivity contribution in [3.05, 3.63) is 42.5 Å². The van der Waals surface area contributed by atoms with Gasteiger partial charge in [0.2, 0.25) is 0 Å². The zero-order valence-electron chi connectivity index (χ0n) is 14.5. The molecule has 0 unspecified atom stereocenters. The van der Waals surface area contributed by atoms with E-state index < -0.39 is 0 Å². The van der Waals surface area contributed by atoms with Crippen molar-refractivity contribution in [3.8, 4) is 40.0 Å². The quantitative estimate of drug-likeness (QED) is 0.712. The highest BCUT2D eigenvalue weighted by Gasteiger charge is 2.12. The average molecular weight is 339 g/mol. The number of methoxy groups -OCH3 is 1. The fourth-order valence-corrected chi connectivity index (χ4v) is 2.32. The Morgan fingerprint density at radius 1 is 1.04 bits per heavy atom. The Hall–Kier alpha value is -3.02. The number of aromatic nitrogens is 3. The number of phenols is 1. The summed E-state index contributed by atoms with van der Waals surface area (Å²) < 4.78 is 11.2. The van der Waals surface area contributed by atoms with Crippen molar-refractivity contribution in [1.29, 1.82) is 0 Å². The van der Waals surface area contributed by atoms with E-state index in [2.05, 4.69) is 29.0 Å². The molecule has 3 aromatic rings. The van der Waals surface area contributed by atoms with E-state index in [-0.39, 0.29) is 5.75 Å². The van der Waals surface area contributed by atoms with Crippen molar-refractivity contribution in [1.82, 2.24) is 15.2 Å². The van der Waals surface area contributed by atoms with Gasteiger partial charge in [0.15, 0.2) is 23.1 Å². The summed E-state index contributed by atoms with van der Waals surface area (Å²) in [5, 5.41) is 16.6. The van der Waals surface area contributed by atoms with Gasteiger partial charge in [0, 0.05) is 11.1 Å². The van der Waals surface area contributed by atoms with Crippen LogP contribution in [0.5, 0.6) is 17.2 Å². The standard InChI is InChI=1S/C19H21N3O3/c1-12(2)11-25-17-10-14(6-9-16(17)24-3)19-20-18(21-22-19)13-4-7-15(23)8-5-13/h4-10,12,23H,11H2,1-3H3,(H,20,21,22). The highest BCUT2D eigenvalue weighted by Crippen LogP contribution is 2.32. The molecule has 0 saturated carbocycles. The Kier molecular flexibility index (Phi) is 4.88. The van der Waals surface area contributed by atoms with Gasteiger partial charge in [0.05, 0.1) is 13.7 Å². The molecule has 3 rings (SSSR count). The summed E-state index contributed by atoms with van der Waals surface area (Å²) in [6.45, 7) is 4.79. The highest BCUT2D eigenvalue weighted by atomic mass is 16.5. The van der Waals surface area contributed by atoms with Crippen LogP contribution in [0.1, 0.15) is 13.8 Å². The molecular formula is C19H21N3O3. The Morgan fingerprint density at radius 2 is 1.76 bits per heavy atom. The second-order valence-corrected chi connectivity index (χ2v) is 6.12. The molecule has 2 N–H and O–H groups in total. The first kappa shape index (κ1) is 16.8. The number of hydrogen-bond donors (Lipinski definition) is 2. The Bertz CT molecular complexity index is 841. The normalized spacial score (nSPS) is 10.9. The van der Waals surface area contributed by atoms with Gasteiger partial charge in [-0.25, -0.2) is 4.98 Å². The molecule has 2 aromatic carbocycles. The summed E-state index contributed by atoms with van der Waals surface area (Å²) in [5.41, 5.74) is 1.68. The monoisotopic (exact) mass is 339 g/mol. The zero-order chi connectivity index (χ0) is 17.8. The van der Waals surface area contributed by atoms with E-state index in [1.54, 1.807) is 31.4 Å². The smallest absolute Gasteiger partial charge is 0.181 e. The number of aromatic hydroxyl groups is 1. The fraction of sp³-hybridized carbons (Fsp3) is 0.263. The number of rotatable bonds is 6. The van der Waals surface area contributed by atoms with E-state index >= 15 is 0 Å². The molecule has 6 nitrogen and oxygen atoms in total. The van der Waals surface area contributed by atoms with Crippen molar-refractivity contribution >= 4 is 0 Å². The van der Waals surface area contributed by atoms with Crippen molar-refractivity contribution in [2.24, 2.45) is 5.92 Å². The molecule has 0 spiro atoms. The zero-order valence-corrected chi connectivity index (χ0v) is 14.5. The first-order valence-electron chi connectivity index (χ1n) is 8.10. The number of H-pyrrole nitrogens is 1. The van der Waals surface area contributed by atoms with Crippen LogP contribution in [0.15, 0.2) is 42.5 Å². The summed E-state index contributed by atoms with van der Waals surface area (Å²) in [6, 6.07) is 12.4. The number of nitrogens with zero attached hydrogens (tertiary/aromatic N) is 2. The number of ether oxygens (including phenoxy) is 2. The molecule has 0 atom stereocenters. The van der Waals surface area contributed by atoms with Gasteiger partial charge >= 0.3 is 0 Å². The number of benzene rings is 2. The molecule has 0 saturated heterocycles. The van der Waals surface area contributed by atoms with Crippen LogP contribution in [0.2, 0.25) is 0 Å². The average Bonchev–Trinajstić information content (AvgIpc) is 3.10. The van der Waals surface area contributed by atoms with Crippen LogP contribution in [-0.2, 0) is 0 Å². The lowest BCUT2D eigenvalue weighted by atomic mass is 10.2. The third-order valence-electron chi connectivity index (χ3n) is 3.62. The molecule has 0 bridgehead atoms. The molecule has 25 heavy (non-hydrogen) atoms. The lowest BCUT2D eigenvalue weighted by molar-refractivity contribution is 0.257. The van der Waals surface area contributed by atoms with E-state index in [0.29, 0.717) is 35.7 Å². The molecule has 0 aliphatic rings. The van der Waals surface area contributed by atoms with E-state index in [1.807, 2.05) is 18.2 Å². The molecule has 0 aliphatic heterocycles. The lowest BCUT2D eigenvalue weighted by Crippen LogP contribution is -2.05. The summed E-state index contributed by atoms with van der Waals surface area (Å²) in [7, 11) is 1.62. The number of hydrogen-bond acceptors (Lipinski definition) is 5. The summed E-state index contributed by atoms with van der Waals surface area (Å²) in [4.78, 5) is 4.53. The Balaban J connectivity index is 1.89. The molecule has 0 fully saturated rings. The van der Waals surface area contributed by atoms with Gasteiger partial charge < -0.3 is 14.6 Å². The first-order chi connectivity index (χ1) is 12.1. The van der Waals surface area contributed by atoms with Crippen LogP contribution in [-0.4, -0.2) is 34.0 Å².